The number of cyclic esters (lactones) is 2. The Kier molecular flexibility index (Phi) is 5.39. The molecule has 7 heteroatoms. The average molecular weight is 355 g/mol. The lowest BCUT2D eigenvalue weighted by Gasteiger charge is -2.29. The van der Waals surface area contributed by atoms with Gasteiger partial charge in [0.15, 0.2) is 11.5 Å². The number of carbonyl (C=O) groups excluding carboxylic acids is 2. The van der Waals surface area contributed by atoms with Gasteiger partial charge >= 0.3 is 11.9 Å². The molecular weight excluding hydrogens is 336 g/mol. The van der Waals surface area contributed by atoms with E-state index in [2.05, 4.69) is 0 Å². The molecule has 1 aromatic carbocycles. The summed E-state index contributed by atoms with van der Waals surface area (Å²) in [7, 11) is 0. The number of benzene rings is 1. The average Bonchev–Trinajstić information content (AvgIpc) is 2.46. The van der Waals surface area contributed by atoms with Crippen LogP contribution in [0.5, 0.6) is 11.5 Å². The van der Waals surface area contributed by atoms with Crippen molar-refractivity contribution in [2.24, 2.45) is 0 Å². The van der Waals surface area contributed by atoms with Gasteiger partial charge in [0.2, 0.25) is 0 Å². The van der Waals surface area contributed by atoms with Crippen LogP contribution in [0.3, 0.4) is 0 Å². The maximum Gasteiger partial charge on any atom is 0.348 e. The molecule has 0 unspecified atom stereocenters. The van der Waals surface area contributed by atoms with Crippen LogP contribution in [0.4, 0.5) is 0 Å². The Labute approximate surface area is 145 Å². The number of halogens is 1. The maximum absolute atomic E-state index is 12.0. The molecule has 0 aromatic heterocycles. The smallest absolute Gasteiger partial charge is 0.348 e. The van der Waals surface area contributed by atoms with E-state index in [9.17, 15) is 9.59 Å². The van der Waals surface area contributed by atoms with E-state index in [-0.39, 0.29) is 5.57 Å². The van der Waals surface area contributed by atoms with Gasteiger partial charge in [-0.15, -0.1) is 0 Å². The maximum atomic E-state index is 12.0. The molecule has 0 amide bonds. The van der Waals surface area contributed by atoms with Gasteiger partial charge in [0.25, 0.3) is 5.79 Å². The van der Waals surface area contributed by atoms with E-state index in [0.29, 0.717) is 35.3 Å². The highest BCUT2D eigenvalue weighted by Gasteiger charge is 2.39. The van der Waals surface area contributed by atoms with Crippen LogP contribution in [0.25, 0.3) is 6.08 Å². The molecule has 1 fully saturated rings. The van der Waals surface area contributed by atoms with E-state index >= 15 is 0 Å². The topological polar surface area (TPSA) is 71.1 Å². The van der Waals surface area contributed by atoms with Crippen molar-refractivity contribution >= 4 is 29.6 Å². The second kappa shape index (κ2) is 7.13. The van der Waals surface area contributed by atoms with Gasteiger partial charge in [-0.3, -0.25) is 0 Å². The Morgan fingerprint density at radius 1 is 1.04 bits per heavy atom. The number of carbonyl (C=O) groups is 2. The van der Waals surface area contributed by atoms with Gasteiger partial charge in [0.05, 0.1) is 18.2 Å². The van der Waals surface area contributed by atoms with Gasteiger partial charge in [0.1, 0.15) is 5.57 Å². The summed E-state index contributed by atoms with van der Waals surface area (Å²) in [6, 6.07) is 3.18. The zero-order chi connectivity index (χ0) is 17.9. The van der Waals surface area contributed by atoms with Crippen LogP contribution < -0.4 is 9.47 Å². The zero-order valence-corrected chi connectivity index (χ0v) is 14.7. The third kappa shape index (κ3) is 4.00. The van der Waals surface area contributed by atoms with Crippen LogP contribution in [0.2, 0.25) is 5.02 Å². The van der Waals surface area contributed by atoms with Crippen molar-refractivity contribution in [3.05, 3.63) is 28.3 Å². The van der Waals surface area contributed by atoms with E-state index in [0.717, 1.165) is 0 Å². The van der Waals surface area contributed by atoms with Crippen molar-refractivity contribution in [2.45, 2.75) is 33.5 Å². The SMILES string of the molecule is CCOc1cc(Cl)c(C=C2C(=O)OC(C)(C)OC2=O)cc1OCC. The fraction of sp³-hybridized carbons (Fsp3) is 0.412. The van der Waals surface area contributed by atoms with Crippen molar-refractivity contribution in [2.75, 3.05) is 13.2 Å². The fourth-order valence-corrected chi connectivity index (χ4v) is 2.34. The lowest BCUT2D eigenvalue weighted by atomic mass is 10.1. The number of ether oxygens (including phenoxy) is 4. The van der Waals surface area contributed by atoms with Gasteiger partial charge in [-0.05, 0) is 31.6 Å². The molecule has 1 aliphatic heterocycles. The van der Waals surface area contributed by atoms with Crippen LogP contribution in [0.15, 0.2) is 17.7 Å². The molecule has 0 aliphatic carbocycles. The first-order valence-electron chi connectivity index (χ1n) is 7.55. The molecule has 0 radical (unpaired) electrons. The molecule has 0 spiro atoms. The predicted octanol–water partition coefficient (Wildman–Crippen LogP) is 3.36. The summed E-state index contributed by atoms with van der Waals surface area (Å²) in [6.07, 6.45) is 1.32. The first kappa shape index (κ1) is 18.1. The molecule has 130 valence electrons. The molecule has 24 heavy (non-hydrogen) atoms. The highest BCUT2D eigenvalue weighted by molar-refractivity contribution is 6.32. The number of rotatable bonds is 5. The van der Waals surface area contributed by atoms with Crippen LogP contribution in [-0.2, 0) is 19.1 Å². The third-order valence-electron chi connectivity index (χ3n) is 3.08. The third-order valence-corrected chi connectivity index (χ3v) is 3.41. The molecule has 6 nitrogen and oxygen atoms in total. The molecule has 2 rings (SSSR count). The van der Waals surface area contributed by atoms with Gasteiger partial charge in [-0.25, -0.2) is 9.59 Å². The first-order chi connectivity index (χ1) is 11.3. The molecular formula is C17H19ClO6. The van der Waals surface area contributed by atoms with Gasteiger partial charge in [-0.1, -0.05) is 11.6 Å². The van der Waals surface area contributed by atoms with Crippen molar-refractivity contribution < 1.29 is 28.5 Å². The second-order valence-electron chi connectivity index (χ2n) is 5.42. The van der Waals surface area contributed by atoms with E-state index < -0.39 is 17.7 Å². The highest BCUT2D eigenvalue weighted by Crippen LogP contribution is 2.35. The molecule has 0 atom stereocenters. The minimum Gasteiger partial charge on any atom is -0.490 e. The van der Waals surface area contributed by atoms with Crippen molar-refractivity contribution in [3.8, 4) is 11.5 Å². The first-order valence-corrected chi connectivity index (χ1v) is 7.92. The molecule has 1 aromatic rings. The minimum atomic E-state index is -1.29. The van der Waals surface area contributed by atoms with Gasteiger partial charge < -0.3 is 18.9 Å². The number of esters is 2. The molecule has 1 heterocycles. The largest absolute Gasteiger partial charge is 0.490 e. The van der Waals surface area contributed by atoms with E-state index in [1.807, 2.05) is 13.8 Å². The molecule has 0 bridgehead atoms. The number of hydrogen-bond donors (Lipinski definition) is 0. The van der Waals surface area contributed by atoms with E-state index in [1.165, 1.54) is 19.9 Å². The Hall–Kier alpha value is -2.21. The van der Waals surface area contributed by atoms with Gasteiger partial charge in [0, 0.05) is 19.9 Å². The Bertz CT molecular complexity index is 671. The van der Waals surface area contributed by atoms with Crippen molar-refractivity contribution in [1.82, 2.24) is 0 Å². The normalized spacial score (nSPS) is 16.3. The van der Waals surface area contributed by atoms with Crippen LogP contribution in [0, 0.1) is 0 Å². The summed E-state index contributed by atoms with van der Waals surface area (Å²) in [5.74, 6) is -1.86. The van der Waals surface area contributed by atoms with Gasteiger partial charge in [-0.2, -0.15) is 0 Å². The minimum absolute atomic E-state index is 0.233. The van der Waals surface area contributed by atoms with Crippen LogP contribution in [-0.4, -0.2) is 30.9 Å². The lowest BCUT2D eigenvalue weighted by molar-refractivity contribution is -0.222. The lowest BCUT2D eigenvalue weighted by Crippen LogP contribution is -2.41. The predicted molar refractivity (Wildman–Crippen MR) is 88.0 cm³/mol. The standard InChI is InChI=1S/C17H19ClO6/c1-5-21-13-8-10(12(18)9-14(13)22-6-2)7-11-15(19)23-17(3,4)24-16(11)20/h7-9H,5-6H2,1-4H3. The zero-order valence-electron chi connectivity index (χ0n) is 14.0. The molecule has 0 saturated carbocycles. The van der Waals surface area contributed by atoms with Crippen LogP contribution in [0.1, 0.15) is 33.3 Å². The number of hydrogen-bond acceptors (Lipinski definition) is 6. The molecule has 1 saturated heterocycles. The summed E-state index contributed by atoms with van der Waals surface area (Å²) >= 11 is 6.22. The Morgan fingerprint density at radius 2 is 1.54 bits per heavy atom. The molecule has 0 N–H and O–H groups in total. The van der Waals surface area contributed by atoms with Crippen molar-refractivity contribution in [3.63, 3.8) is 0 Å². The van der Waals surface area contributed by atoms with E-state index in [4.69, 9.17) is 30.5 Å². The van der Waals surface area contributed by atoms with Crippen LogP contribution >= 0.6 is 11.6 Å². The van der Waals surface area contributed by atoms with E-state index in [1.54, 1.807) is 12.1 Å². The summed E-state index contributed by atoms with van der Waals surface area (Å²) in [6.45, 7) is 7.52. The molecule has 1 aliphatic rings. The van der Waals surface area contributed by atoms with Crippen molar-refractivity contribution in [1.29, 1.82) is 0 Å². The Morgan fingerprint density at radius 3 is 2.04 bits per heavy atom. The summed E-state index contributed by atoms with van der Waals surface area (Å²) < 4.78 is 21.1. The summed E-state index contributed by atoms with van der Waals surface area (Å²) in [4.78, 5) is 24.1. The summed E-state index contributed by atoms with van der Waals surface area (Å²) in [5, 5.41) is 0.305. The Balaban J connectivity index is 2.43. The highest BCUT2D eigenvalue weighted by atomic mass is 35.5. The quantitative estimate of drug-likeness (QED) is 0.458. The summed E-state index contributed by atoms with van der Waals surface area (Å²) in [5.41, 5.74) is 0.190. The fourth-order valence-electron chi connectivity index (χ4n) is 2.13. The monoisotopic (exact) mass is 354 g/mol. The second-order valence-corrected chi connectivity index (χ2v) is 5.83.